The lowest BCUT2D eigenvalue weighted by Crippen LogP contribution is -2.12. The average molecular weight is 600 g/mol. The SMILES string of the molecule is c1ccc(-c2cccc(N(c3ccc4ccccc4c3)c3cccc(-c4ccccc4)c3-c3ccccc3-c3ccccc3)c2)cc1. The summed E-state index contributed by atoms with van der Waals surface area (Å²) >= 11 is 0. The molecule has 222 valence electrons. The number of benzene rings is 8. The van der Waals surface area contributed by atoms with Crippen molar-refractivity contribution in [2.24, 2.45) is 0 Å². The largest absolute Gasteiger partial charge is 0.310 e. The van der Waals surface area contributed by atoms with Crippen LogP contribution in [0.5, 0.6) is 0 Å². The second-order valence-electron chi connectivity index (χ2n) is 11.8. The van der Waals surface area contributed by atoms with E-state index in [1.165, 1.54) is 55.3 Å². The Hall–Kier alpha value is -6.18. The molecule has 0 aromatic heterocycles. The topological polar surface area (TPSA) is 3.24 Å². The molecule has 0 saturated heterocycles. The van der Waals surface area contributed by atoms with Crippen LogP contribution in [0.4, 0.5) is 17.1 Å². The molecule has 0 aliphatic carbocycles. The van der Waals surface area contributed by atoms with Crippen molar-refractivity contribution in [2.45, 2.75) is 0 Å². The second kappa shape index (κ2) is 12.7. The van der Waals surface area contributed by atoms with E-state index >= 15 is 0 Å². The molecular formula is C46H33N. The fourth-order valence-electron chi connectivity index (χ4n) is 6.64. The Morgan fingerprint density at radius 1 is 0.277 bits per heavy atom. The fourth-order valence-corrected chi connectivity index (χ4v) is 6.64. The zero-order valence-corrected chi connectivity index (χ0v) is 26.0. The van der Waals surface area contributed by atoms with E-state index in [2.05, 4.69) is 205 Å². The molecule has 1 heteroatoms. The van der Waals surface area contributed by atoms with Crippen LogP contribution in [0.1, 0.15) is 0 Å². The lowest BCUT2D eigenvalue weighted by atomic mass is 9.87. The highest BCUT2D eigenvalue weighted by molar-refractivity contribution is 6.02. The van der Waals surface area contributed by atoms with Gasteiger partial charge in [0.15, 0.2) is 0 Å². The zero-order valence-electron chi connectivity index (χ0n) is 26.0. The van der Waals surface area contributed by atoms with E-state index in [0.29, 0.717) is 0 Å². The van der Waals surface area contributed by atoms with Gasteiger partial charge < -0.3 is 4.90 Å². The van der Waals surface area contributed by atoms with Crippen molar-refractivity contribution in [1.82, 2.24) is 0 Å². The summed E-state index contributed by atoms with van der Waals surface area (Å²) in [6.45, 7) is 0. The number of fused-ring (bicyclic) bond motifs is 1. The Balaban J connectivity index is 1.44. The van der Waals surface area contributed by atoms with Crippen LogP contribution in [0.3, 0.4) is 0 Å². The van der Waals surface area contributed by atoms with Crippen molar-refractivity contribution in [3.05, 3.63) is 200 Å². The Morgan fingerprint density at radius 3 is 1.51 bits per heavy atom. The summed E-state index contributed by atoms with van der Waals surface area (Å²) in [5.74, 6) is 0. The summed E-state index contributed by atoms with van der Waals surface area (Å²) < 4.78 is 0. The number of nitrogens with zero attached hydrogens (tertiary/aromatic N) is 1. The van der Waals surface area contributed by atoms with E-state index in [1.807, 2.05) is 0 Å². The Labute approximate surface area is 276 Å². The molecule has 1 nitrogen and oxygen atoms in total. The number of rotatable bonds is 7. The molecule has 0 bridgehead atoms. The Bertz CT molecular complexity index is 2290. The van der Waals surface area contributed by atoms with Crippen molar-refractivity contribution >= 4 is 27.8 Å². The van der Waals surface area contributed by atoms with E-state index < -0.39 is 0 Å². The lowest BCUT2D eigenvalue weighted by molar-refractivity contribution is 1.29. The van der Waals surface area contributed by atoms with Gasteiger partial charge in [-0.2, -0.15) is 0 Å². The van der Waals surface area contributed by atoms with E-state index in [4.69, 9.17) is 0 Å². The quantitative estimate of drug-likeness (QED) is 0.176. The highest BCUT2D eigenvalue weighted by Gasteiger charge is 2.23. The molecule has 0 radical (unpaired) electrons. The summed E-state index contributed by atoms with van der Waals surface area (Å²) in [6.07, 6.45) is 0. The highest BCUT2D eigenvalue weighted by atomic mass is 15.1. The molecule has 0 N–H and O–H groups in total. The van der Waals surface area contributed by atoms with E-state index in [-0.39, 0.29) is 0 Å². The first-order valence-electron chi connectivity index (χ1n) is 16.1. The van der Waals surface area contributed by atoms with Gasteiger partial charge in [0.2, 0.25) is 0 Å². The van der Waals surface area contributed by atoms with Crippen LogP contribution >= 0.6 is 0 Å². The molecular weight excluding hydrogens is 567 g/mol. The van der Waals surface area contributed by atoms with Crippen molar-refractivity contribution in [3.8, 4) is 44.5 Å². The lowest BCUT2D eigenvalue weighted by Gasteiger charge is -2.30. The predicted molar refractivity (Wildman–Crippen MR) is 200 cm³/mol. The minimum atomic E-state index is 1.10. The van der Waals surface area contributed by atoms with Crippen LogP contribution in [-0.4, -0.2) is 0 Å². The third kappa shape index (κ3) is 5.60. The monoisotopic (exact) mass is 599 g/mol. The molecule has 8 rings (SSSR count). The van der Waals surface area contributed by atoms with Crippen LogP contribution < -0.4 is 4.90 Å². The molecule has 8 aromatic rings. The van der Waals surface area contributed by atoms with Gasteiger partial charge in [-0.15, -0.1) is 0 Å². The van der Waals surface area contributed by atoms with Gasteiger partial charge in [0.1, 0.15) is 0 Å². The molecule has 0 amide bonds. The summed E-state index contributed by atoms with van der Waals surface area (Å²) in [6, 6.07) is 71.9. The van der Waals surface area contributed by atoms with Gasteiger partial charge >= 0.3 is 0 Å². The van der Waals surface area contributed by atoms with Gasteiger partial charge in [0, 0.05) is 16.9 Å². The summed E-state index contributed by atoms with van der Waals surface area (Å²) in [7, 11) is 0. The van der Waals surface area contributed by atoms with Gasteiger partial charge in [0.05, 0.1) is 5.69 Å². The van der Waals surface area contributed by atoms with Gasteiger partial charge in [-0.05, 0) is 80.0 Å². The summed E-state index contributed by atoms with van der Waals surface area (Å²) in [5, 5.41) is 2.43. The van der Waals surface area contributed by atoms with Gasteiger partial charge in [-0.25, -0.2) is 0 Å². The zero-order chi connectivity index (χ0) is 31.4. The standard InChI is InChI=1S/C46H33N/c1-4-16-34(17-5-1)39-24-14-25-40(32-39)47(41-31-30-35-18-10-11-23-38(35)33-41)45-29-15-28-43(37-21-8-3-9-22-37)46(45)44-27-13-12-26-42(44)36-19-6-2-7-20-36/h1-33H. The number of anilines is 3. The van der Waals surface area contributed by atoms with E-state index in [1.54, 1.807) is 0 Å². The average Bonchev–Trinajstić information content (AvgIpc) is 3.16. The smallest absolute Gasteiger partial charge is 0.0546 e. The minimum Gasteiger partial charge on any atom is -0.310 e. The Kier molecular flexibility index (Phi) is 7.63. The van der Waals surface area contributed by atoms with Crippen LogP contribution in [0.2, 0.25) is 0 Å². The summed E-state index contributed by atoms with van der Waals surface area (Å²) in [5.41, 5.74) is 12.9. The molecule has 47 heavy (non-hydrogen) atoms. The van der Waals surface area contributed by atoms with Crippen LogP contribution in [-0.2, 0) is 0 Å². The highest BCUT2D eigenvalue weighted by Crippen LogP contribution is 2.48. The maximum absolute atomic E-state index is 2.43. The molecule has 0 saturated carbocycles. The predicted octanol–water partition coefficient (Wildman–Crippen LogP) is 13.0. The van der Waals surface area contributed by atoms with Gasteiger partial charge in [0.25, 0.3) is 0 Å². The summed E-state index contributed by atoms with van der Waals surface area (Å²) in [4.78, 5) is 2.43. The molecule has 0 unspecified atom stereocenters. The molecule has 0 fully saturated rings. The molecule has 0 heterocycles. The number of hydrogen-bond donors (Lipinski definition) is 0. The van der Waals surface area contributed by atoms with Crippen molar-refractivity contribution in [1.29, 1.82) is 0 Å². The fraction of sp³-hybridized carbons (Fsp3) is 0. The molecule has 0 aliphatic heterocycles. The first-order chi connectivity index (χ1) is 23.3. The minimum absolute atomic E-state index is 1.10. The Morgan fingerprint density at radius 2 is 0.787 bits per heavy atom. The van der Waals surface area contributed by atoms with Gasteiger partial charge in [-0.3, -0.25) is 0 Å². The van der Waals surface area contributed by atoms with Crippen molar-refractivity contribution < 1.29 is 0 Å². The molecule has 8 aromatic carbocycles. The molecule has 0 aliphatic rings. The van der Waals surface area contributed by atoms with Crippen LogP contribution in [0.25, 0.3) is 55.3 Å². The number of hydrogen-bond acceptors (Lipinski definition) is 1. The third-order valence-electron chi connectivity index (χ3n) is 8.85. The van der Waals surface area contributed by atoms with E-state index in [0.717, 1.165) is 17.1 Å². The first-order valence-corrected chi connectivity index (χ1v) is 16.1. The first kappa shape index (κ1) is 28.3. The van der Waals surface area contributed by atoms with Crippen molar-refractivity contribution in [2.75, 3.05) is 4.90 Å². The maximum atomic E-state index is 2.43. The van der Waals surface area contributed by atoms with Crippen LogP contribution in [0.15, 0.2) is 200 Å². The third-order valence-corrected chi connectivity index (χ3v) is 8.85. The van der Waals surface area contributed by atoms with Gasteiger partial charge in [-0.1, -0.05) is 170 Å². The normalized spacial score (nSPS) is 11.0. The maximum Gasteiger partial charge on any atom is 0.0546 e. The van der Waals surface area contributed by atoms with Crippen molar-refractivity contribution in [3.63, 3.8) is 0 Å². The van der Waals surface area contributed by atoms with E-state index in [9.17, 15) is 0 Å². The molecule has 0 spiro atoms. The van der Waals surface area contributed by atoms with Crippen LogP contribution in [0, 0.1) is 0 Å². The second-order valence-corrected chi connectivity index (χ2v) is 11.8. The molecule has 0 atom stereocenters.